The molecule has 4 rings (SSSR count). The highest BCUT2D eigenvalue weighted by Crippen LogP contribution is 2.24. The Hall–Kier alpha value is -3.03. The van der Waals surface area contributed by atoms with Gasteiger partial charge in [-0.3, -0.25) is 4.79 Å². The van der Waals surface area contributed by atoms with Crippen LogP contribution in [0, 0.1) is 0 Å². The molecule has 0 saturated carbocycles. The lowest BCUT2D eigenvalue weighted by atomic mass is 10.1. The van der Waals surface area contributed by atoms with E-state index in [1.807, 2.05) is 66.7 Å². The summed E-state index contributed by atoms with van der Waals surface area (Å²) in [5.41, 5.74) is 3.32. The average Bonchev–Trinajstić information content (AvgIpc) is 3.23. The lowest BCUT2D eigenvalue weighted by Gasteiger charge is -2.26. The van der Waals surface area contributed by atoms with E-state index in [0.29, 0.717) is 33.0 Å². The van der Waals surface area contributed by atoms with Crippen LogP contribution in [0.3, 0.4) is 0 Å². The molecule has 1 aliphatic rings. The van der Waals surface area contributed by atoms with Crippen molar-refractivity contribution in [2.75, 3.05) is 13.2 Å². The van der Waals surface area contributed by atoms with Gasteiger partial charge in [0.05, 0.1) is 38.5 Å². The van der Waals surface area contributed by atoms with Gasteiger partial charge in [0.1, 0.15) is 12.2 Å². The van der Waals surface area contributed by atoms with Crippen LogP contribution in [0.25, 0.3) is 0 Å². The molecule has 1 saturated heterocycles. The van der Waals surface area contributed by atoms with Crippen molar-refractivity contribution in [1.29, 1.82) is 0 Å². The van der Waals surface area contributed by atoms with Gasteiger partial charge in [-0.1, -0.05) is 91.0 Å². The molecule has 1 heterocycles. The third-order valence-electron chi connectivity index (χ3n) is 6.10. The largest absolute Gasteiger partial charge is 0.375 e. The summed E-state index contributed by atoms with van der Waals surface area (Å²) in [6, 6.07) is 30.2. The van der Waals surface area contributed by atoms with E-state index in [9.17, 15) is 4.79 Å². The number of carbonyl (C=O) groups excluding carboxylic acids is 1. The van der Waals surface area contributed by atoms with Crippen LogP contribution in [0.1, 0.15) is 23.6 Å². The van der Waals surface area contributed by atoms with E-state index in [1.165, 1.54) is 6.92 Å². The number of benzene rings is 3. The van der Waals surface area contributed by atoms with Gasteiger partial charge in [-0.25, -0.2) is 0 Å². The SMILES string of the molecule is CC(=O)NCC1NC(COCc2ccccc2)C(OCc2ccccc2)C1OCc1ccccc1. The van der Waals surface area contributed by atoms with Crippen molar-refractivity contribution in [2.45, 2.75) is 51.0 Å². The molecular weight excluding hydrogens is 440 g/mol. The lowest BCUT2D eigenvalue weighted by molar-refractivity contribution is -0.119. The van der Waals surface area contributed by atoms with Gasteiger partial charge < -0.3 is 24.8 Å². The summed E-state index contributed by atoms with van der Waals surface area (Å²) in [5, 5.41) is 6.55. The summed E-state index contributed by atoms with van der Waals surface area (Å²) in [4.78, 5) is 11.7. The van der Waals surface area contributed by atoms with Gasteiger partial charge in [-0.15, -0.1) is 0 Å². The summed E-state index contributed by atoms with van der Waals surface area (Å²) in [6.07, 6.45) is -0.496. The molecule has 6 nitrogen and oxygen atoms in total. The lowest BCUT2D eigenvalue weighted by Crippen LogP contribution is -2.44. The van der Waals surface area contributed by atoms with Crippen molar-refractivity contribution in [3.05, 3.63) is 108 Å². The van der Waals surface area contributed by atoms with Gasteiger partial charge in [0.2, 0.25) is 5.91 Å². The molecule has 0 radical (unpaired) electrons. The van der Waals surface area contributed by atoms with E-state index in [4.69, 9.17) is 14.2 Å². The van der Waals surface area contributed by atoms with Gasteiger partial charge in [-0.05, 0) is 16.7 Å². The Morgan fingerprint density at radius 1 is 0.714 bits per heavy atom. The Balaban J connectivity index is 1.47. The Kier molecular flexibility index (Phi) is 9.43. The number of carbonyl (C=O) groups is 1. The van der Waals surface area contributed by atoms with E-state index in [-0.39, 0.29) is 30.2 Å². The van der Waals surface area contributed by atoms with Crippen LogP contribution in [-0.2, 0) is 38.8 Å². The molecule has 2 N–H and O–H groups in total. The summed E-state index contributed by atoms with van der Waals surface area (Å²) in [5.74, 6) is -0.0702. The highest BCUT2D eigenvalue weighted by molar-refractivity contribution is 5.72. The van der Waals surface area contributed by atoms with E-state index in [2.05, 4.69) is 34.9 Å². The van der Waals surface area contributed by atoms with Gasteiger partial charge in [0.25, 0.3) is 0 Å². The summed E-state index contributed by atoms with van der Waals surface area (Å²) < 4.78 is 19.0. The Labute approximate surface area is 207 Å². The second kappa shape index (κ2) is 13.2. The van der Waals surface area contributed by atoms with Crippen LogP contribution >= 0.6 is 0 Å². The number of hydrogen-bond acceptors (Lipinski definition) is 5. The van der Waals surface area contributed by atoms with E-state index in [1.54, 1.807) is 0 Å². The second-order valence-corrected chi connectivity index (χ2v) is 8.84. The van der Waals surface area contributed by atoms with Crippen molar-refractivity contribution >= 4 is 5.91 Å². The Morgan fingerprint density at radius 3 is 1.66 bits per heavy atom. The molecular formula is C29H34N2O4. The first-order valence-electron chi connectivity index (χ1n) is 12.1. The standard InChI is InChI=1S/C29H34N2O4/c1-22(32)30-17-26-28(34-19-24-13-7-3-8-14-24)29(35-20-25-15-9-4-10-16-25)27(31-26)21-33-18-23-11-5-2-6-12-23/h2-16,26-29,31H,17-21H2,1H3,(H,30,32). The van der Waals surface area contributed by atoms with Crippen molar-refractivity contribution in [3.63, 3.8) is 0 Å². The monoisotopic (exact) mass is 474 g/mol. The molecule has 6 heteroatoms. The topological polar surface area (TPSA) is 68.8 Å². The van der Waals surface area contributed by atoms with Crippen LogP contribution in [0.2, 0.25) is 0 Å². The Morgan fingerprint density at radius 2 is 1.17 bits per heavy atom. The highest BCUT2D eigenvalue weighted by atomic mass is 16.5. The van der Waals surface area contributed by atoms with E-state index < -0.39 is 0 Å². The first-order chi connectivity index (χ1) is 17.2. The zero-order valence-electron chi connectivity index (χ0n) is 20.1. The minimum Gasteiger partial charge on any atom is -0.375 e. The number of amides is 1. The molecule has 0 aliphatic carbocycles. The van der Waals surface area contributed by atoms with Gasteiger partial charge in [-0.2, -0.15) is 0 Å². The van der Waals surface area contributed by atoms with Gasteiger partial charge in [0.15, 0.2) is 0 Å². The molecule has 184 valence electrons. The molecule has 1 aliphatic heterocycles. The van der Waals surface area contributed by atoms with Gasteiger partial charge >= 0.3 is 0 Å². The normalized spacial score (nSPS) is 21.6. The van der Waals surface area contributed by atoms with E-state index in [0.717, 1.165) is 16.7 Å². The molecule has 1 amide bonds. The quantitative estimate of drug-likeness (QED) is 0.417. The summed E-state index contributed by atoms with van der Waals surface area (Å²) in [6.45, 7) is 3.91. The first kappa shape index (κ1) is 25.1. The maximum absolute atomic E-state index is 11.7. The fraction of sp³-hybridized carbons (Fsp3) is 0.345. The zero-order valence-corrected chi connectivity index (χ0v) is 20.1. The summed E-state index contributed by atoms with van der Waals surface area (Å²) in [7, 11) is 0. The number of hydrogen-bond donors (Lipinski definition) is 2. The van der Waals surface area contributed by atoms with Crippen molar-refractivity contribution in [1.82, 2.24) is 10.6 Å². The minimum atomic E-state index is -0.254. The zero-order chi connectivity index (χ0) is 24.3. The van der Waals surface area contributed by atoms with Crippen LogP contribution in [-0.4, -0.2) is 43.4 Å². The minimum absolute atomic E-state index is 0.0702. The fourth-order valence-corrected chi connectivity index (χ4v) is 4.33. The van der Waals surface area contributed by atoms with Crippen LogP contribution in [0.4, 0.5) is 0 Å². The maximum atomic E-state index is 11.7. The number of rotatable bonds is 12. The fourth-order valence-electron chi connectivity index (χ4n) is 4.33. The van der Waals surface area contributed by atoms with Crippen molar-refractivity contribution in [2.24, 2.45) is 0 Å². The predicted octanol–water partition coefficient (Wildman–Crippen LogP) is 3.85. The molecule has 3 aromatic rings. The molecule has 0 aromatic heterocycles. The average molecular weight is 475 g/mol. The summed E-state index contributed by atoms with van der Waals surface area (Å²) >= 11 is 0. The molecule has 0 bridgehead atoms. The number of ether oxygens (including phenoxy) is 3. The molecule has 4 atom stereocenters. The maximum Gasteiger partial charge on any atom is 0.216 e. The van der Waals surface area contributed by atoms with Crippen molar-refractivity contribution in [3.8, 4) is 0 Å². The van der Waals surface area contributed by atoms with E-state index >= 15 is 0 Å². The second-order valence-electron chi connectivity index (χ2n) is 8.84. The Bertz CT molecular complexity index is 1020. The molecule has 0 spiro atoms. The third kappa shape index (κ3) is 7.73. The highest BCUT2D eigenvalue weighted by Gasteiger charge is 2.44. The van der Waals surface area contributed by atoms with Gasteiger partial charge in [0, 0.05) is 13.5 Å². The predicted molar refractivity (Wildman–Crippen MR) is 136 cm³/mol. The van der Waals surface area contributed by atoms with Crippen molar-refractivity contribution < 1.29 is 19.0 Å². The third-order valence-corrected chi connectivity index (χ3v) is 6.10. The van der Waals surface area contributed by atoms with Crippen LogP contribution in [0.5, 0.6) is 0 Å². The van der Waals surface area contributed by atoms with Crippen LogP contribution in [0.15, 0.2) is 91.0 Å². The molecule has 1 fully saturated rings. The smallest absolute Gasteiger partial charge is 0.216 e. The van der Waals surface area contributed by atoms with Crippen LogP contribution < -0.4 is 10.6 Å². The number of nitrogens with one attached hydrogen (secondary N) is 2. The first-order valence-corrected chi connectivity index (χ1v) is 12.1. The molecule has 3 aromatic carbocycles. The molecule has 4 unspecified atom stereocenters. The molecule has 35 heavy (non-hydrogen) atoms.